The number of hydrogen-bond acceptors (Lipinski definition) is 6. The Labute approximate surface area is 127 Å². The van der Waals surface area contributed by atoms with E-state index in [0.29, 0.717) is 17.7 Å². The van der Waals surface area contributed by atoms with Gasteiger partial charge in [0.05, 0.1) is 13.1 Å². The van der Waals surface area contributed by atoms with Gasteiger partial charge in [-0.15, -0.1) is 10.2 Å². The molecule has 0 radical (unpaired) electrons. The highest BCUT2D eigenvalue weighted by molar-refractivity contribution is 7.13. The zero-order valence-corrected chi connectivity index (χ0v) is 12.5. The molecule has 2 aromatic heterocycles. The molecule has 1 saturated heterocycles. The summed E-state index contributed by atoms with van der Waals surface area (Å²) in [6.45, 7) is 2.18. The molecule has 1 amide bonds. The molecule has 2 aromatic rings. The maximum atomic E-state index is 12.1. The Morgan fingerprint density at radius 3 is 3.19 bits per heavy atom. The minimum atomic E-state index is -0.0286. The number of piperidine rings is 1. The SMILES string of the molecule is O=C(CN1CCCC[C@H]1Cn1cccn1)Nc1nncs1. The van der Waals surface area contributed by atoms with Crippen molar-refractivity contribution < 1.29 is 4.79 Å². The summed E-state index contributed by atoms with van der Waals surface area (Å²) >= 11 is 1.33. The summed E-state index contributed by atoms with van der Waals surface area (Å²) in [6, 6.07) is 2.29. The van der Waals surface area contributed by atoms with Gasteiger partial charge in [-0.25, -0.2) is 0 Å². The minimum absolute atomic E-state index is 0.0286. The molecule has 1 fully saturated rings. The molecule has 1 aliphatic heterocycles. The Morgan fingerprint density at radius 2 is 2.43 bits per heavy atom. The van der Waals surface area contributed by atoms with Crippen molar-refractivity contribution in [3.8, 4) is 0 Å². The predicted octanol–water partition coefficient (Wildman–Crippen LogP) is 1.23. The summed E-state index contributed by atoms with van der Waals surface area (Å²) in [6.07, 6.45) is 7.21. The van der Waals surface area contributed by atoms with Crippen molar-refractivity contribution in [2.75, 3.05) is 18.4 Å². The van der Waals surface area contributed by atoms with Crippen LogP contribution in [-0.2, 0) is 11.3 Å². The van der Waals surface area contributed by atoms with Crippen molar-refractivity contribution in [1.82, 2.24) is 24.9 Å². The van der Waals surface area contributed by atoms with Crippen molar-refractivity contribution in [1.29, 1.82) is 0 Å². The second kappa shape index (κ2) is 6.77. The largest absolute Gasteiger partial charge is 0.299 e. The monoisotopic (exact) mass is 306 g/mol. The van der Waals surface area contributed by atoms with Gasteiger partial charge in [0.25, 0.3) is 0 Å². The number of nitrogens with one attached hydrogen (secondary N) is 1. The summed E-state index contributed by atoms with van der Waals surface area (Å²) < 4.78 is 1.94. The number of carbonyl (C=O) groups is 1. The summed E-state index contributed by atoms with van der Waals surface area (Å²) in [5.41, 5.74) is 1.61. The fourth-order valence-electron chi connectivity index (χ4n) is 2.67. The van der Waals surface area contributed by atoms with E-state index in [-0.39, 0.29) is 5.91 Å². The van der Waals surface area contributed by atoms with E-state index in [0.717, 1.165) is 25.9 Å². The Kier molecular flexibility index (Phi) is 4.56. The molecule has 0 unspecified atom stereocenters. The number of hydrogen-bond donors (Lipinski definition) is 1. The highest BCUT2D eigenvalue weighted by atomic mass is 32.1. The van der Waals surface area contributed by atoms with E-state index in [1.807, 2.05) is 16.9 Å². The molecule has 3 rings (SSSR count). The third-order valence-corrected chi connectivity index (χ3v) is 4.27. The molecule has 0 aliphatic carbocycles. The Morgan fingerprint density at radius 1 is 1.48 bits per heavy atom. The van der Waals surface area contributed by atoms with Gasteiger partial charge in [0.15, 0.2) is 0 Å². The quantitative estimate of drug-likeness (QED) is 0.899. The number of rotatable bonds is 5. The lowest BCUT2D eigenvalue weighted by molar-refractivity contribution is -0.118. The van der Waals surface area contributed by atoms with Crippen molar-refractivity contribution >= 4 is 22.4 Å². The summed E-state index contributed by atoms with van der Waals surface area (Å²) in [5, 5.41) is 15.2. The van der Waals surface area contributed by atoms with Gasteiger partial charge in [-0.1, -0.05) is 17.8 Å². The van der Waals surface area contributed by atoms with Crippen LogP contribution in [0.1, 0.15) is 19.3 Å². The van der Waals surface area contributed by atoms with Crippen molar-refractivity contribution in [3.63, 3.8) is 0 Å². The molecule has 7 nitrogen and oxygen atoms in total. The van der Waals surface area contributed by atoms with Gasteiger partial charge in [-0.3, -0.25) is 19.7 Å². The first-order valence-electron chi connectivity index (χ1n) is 7.09. The van der Waals surface area contributed by atoms with Crippen LogP contribution in [0.4, 0.5) is 5.13 Å². The highest BCUT2D eigenvalue weighted by Gasteiger charge is 2.24. The highest BCUT2D eigenvalue weighted by Crippen LogP contribution is 2.18. The first-order valence-corrected chi connectivity index (χ1v) is 7.97. The average molecular weight is 306 g/mol. The van der Waals surface area contributed by atoms with Gasteiger partial charge >= 0.3 is 0 Å². The van der Waals surface area contributed by atoms with Crippen LogP contribution in [0.2, 0.25) is 0 Å². The van der Waals surface area contributed by atoms with Crippen LogP contribution in [0, 0.1) is 0 Å². The minimum Gasteiger partial charge on any atom is -0.299 e. The van der Waals surface area contributed by atoms with E-state index in [4.69, 9.17) is 0 Å². The maximum Gasteiger partial charge on any atom is 0.240 e. The van der Waals surface area contributed by atoms with Crippen LogP contribution in [0.5, 0.6) is 0 Å². The number of carbonyl (C=O) groups excluding carboxylic acids is 1. The van der Waals surface area contributed by atoms with Crippen LogP contribution < -0.4 is 5.32 Å². The van der Waals surface area contributed by atoms with Gasteiger partial charge < -0.3 is 0 Å². The Balaban J connectivity index is 1.57. The fourth-order valence-corrected chi connectivity index (χ4v) is 3.13. The standard InChI is InChI=1S/C13H18N6OS/c20-12(16-13-17-14-10-21-13)9-18-6-2-1-4-11(18)8-19-7-3-5-15-19/h3,5,7,10-11H,1-2,4,6,8-9H2,(H,16,17,20)/t11-/m0/s1. The molecule has 112 valence electrons. The zero-order chi connectivity index (χ0) is 14.5. The van der Waals surface area contributed by atoms with E-state index in [2.05, 4.69) is 25.5 Å². The molecule has 0 spiro atoms. The topological polar surface area (TPSA) is 75.9 Å². The van der Waals surface area contributed by atoms with Gasteiger partial charge in [-0.2, -0.15) is 5.10 Å². The molecule has 8 heteroatoms. The average Bonchev–Trinajstić information content (AvgIpc) is 3.14. The number of likely N-dealkylation sites (tertiary alicyclic amines) is 1. The molecule has 1 aliphatic rings. The number of anilines is 1. The van der Waals surface area contributed by atoms with Crippen LogP contribution in [0.15, 0.2) is 24.0 Å². The third-order valence-electron chi connectivity index (χ3n) is 3.66. The van der Waals surface area contributed by atoms with Crippen molar-refractivity contribution in [2.45, 2.75) is 31.8 Å². The third kappa shape index (κ3) is 3.85. The molecular weight excluding hydrogens is 288 g/mol. The van der Waals surface area contributed by atoms with Crippen LogP contribution in [0.25, 0.3) is 0 Å². The smallest absolute Gasteiger partial charge is 0.240 e. The fraction of sp³-hybridized carbons (Fsp3) is 0.538. The lowest BCUT2D eigenvalue weighted by Crippen LogP contribution is -2.46. The van der Waals surface area contributed by atoms with E-state index in [9.17, 15) is 4.79 Å². The molecule has 3 heterocycles. The normalized spacial score (nSPS) is 19.5. The molecule has 0 aromatic carbocycles. The zero-order valence-electron chi connectivity index (χ0n) is 11.7. The number of amides is 1. The van der Waals surface area contributed by atoms with Gasteiger partial charge in [0.1, 0.15) is 5.51 Å². The number of nitrogens with zero attached hydrogens (tertiary/aromatic N) is 5. The van der Waals surface area contributed by atoms with E-state index in [1.165, 1.54) is 17.8 Å². The van der Waals surface area contributed by atoms with Crippen LogP contribution >= 0.6 is 11.3 Å². The summed E-state index contributed by atoms with van der Waals surface area (Å²) in [4.78, 5) is 14.3. The van der Waals surface area contributed by atoms with Crippen LogP contribution in [-0.4, -0.2) is 49.9 Å². The lowest BCUT2D eigenvalue weighted by Gasteiger charge is -2.35. The van der Waals surface area contributed by atoms with Gasteiger partial charge in [0, 0.05) is 18.4 Å². The second-order valence-electron chi connectivity index (χ2n) is 5.14. The van der Waals surface area contributed by atoms with Gasteiger partial charge in [0.2, 0.25) is 11.0 Å². The molecular formula is C13H18N6OS. The lowest BCUT2D eigenvalue weighted by atomic mass is 10.0. The molecule has 21 heavy (non-hydrogen) atoms. The van der Waals surface area contributed by atoms with Crippen molar-refractivity contribution in [3.05, 3.63) is 24.0 Å². The summed E-state index contributed by atoms with van der Waals surface area (Å²) in [7, 11) is 0. The van der Waals surface area contributed by atoms with E-state index < -0.39 is 0 Å². The molecule has 0 saturated carbocycles. The first kappa shape index (κ1) is 14.2. The summed E-state index contributed by atoms with van der Waals surface area (Å²) in [5.74, 6) is -0.0286. The van der Waals surface area contributed by atoms with E-state index in [1.54, 1.807) is 11.7 Å². The van der Waals surface area contributed by atoms with Crippen LogP contribution in [0.3, 0.4) is 0 Å². The van der Waals surface area contributed by atoms with E-state index >= 15 is 0 Å². The second-order valence-corrected chi connectivity index (χ2v) is 5.97. The molecule has 1 N–H and O–H groups in total. The first-order chi connectivity index (χ1) is 10.3. The number of aromatic nitrogens is 4. The molecule has 0 bridgehead atoms. The Hall–Kier alpha value is -1.80. The maximum absolute atomic E-state index is 12.1. The Bertz CT molecular complexity index is 555. The van der Waals surface area contributed by atoms with Crippen molar-refractivity contribution in [2.24, 2.45) is 0 Å². The molecule has 1 atom stereocenters. The predicted molar refractivity (Wildman–Crippen MR) is 80.0 cm³/mol. The van der Waals surface area contributed by atoms with Gasteiger partial charge in [-0.05, 0) is 25.5 Å².